The molecule has 1 N–H and O–H groups in total. The van der Waals surface area contributed by atoms with Gasteiger partial charge in [-0.05, 0) is 49.6 Å². The largest absolute Gasteiger partial charge is 0.493 e. The second-order valence-electron chi connectivity index (χ2n) is 6.49. The Morgan fingerprint density at radius 1 is 1.04 bits per heavy atom. The lowest BCUT2D eigenvalue weighted by Gasteiger charge is -2.10. The zero-order valence-electron chi connectivity index (χ0n) is 15.5. The molecule has 140 valence electrons. The summed E-state index contributed by atoms with van der Waals surface area (Å²) in [5, 5.41) is 9.16. The molecule has 0 radical (unpaired) electrons. The molecular formula is C21H22ClN3O2. The van der Waals surface area contributed by atoms with Crippen molar-refractivity contribution in [2.75, 3.05) is 26.1 Å². The highest BCUT2D eigenvalue weighted by Crippen LogP contribution is 2.38. The van der Waals surface area contributed by atoms with Crippen molar-refractivity contribution in [1.29, 1.82) is 0 Å². The number of aromatic nitrogens is 2. The van der Waals surface area contributed by atoms with E-state index in [1.165, 1.54) is 5.56 Å². The number of hydrogen-bond donors (Lipinski definition) is 1. The van der Waals surface area contributed by atoms with Gasteiger partial charge in [0, 0.05) is 17.7 Å². The Kier molecular flexibility index (Phi) is 4.94. The summed E-state index contributed by atoms with van der Waals surface area (Å²) >= 11 is 6.46. The molecule has 4 rings (SSSR count). The Morgan fingerprint density at radius 2 is 1.85 bits per heavy atom. The van der Waals surface area contributed by atoms with E-state index in [1.54, 1.807) is 14.2 Å². The molecule has 5 nitrogen and oxygen atoms in total. The van der Waals surface area contributed by atoms with Gasteiger partial charge in [-0.3, -0.25) is 0 Å². The molecule has 6 heteroatoms. The first-order valence-electron chi connectivity index (χ1n) is 9.06. The zero-order valence-corrected chi connectivity index (χ0v) is 16.2. The Balaban J connectivity index is 1.90. The lowest BCUT2D eigenvalue weighted by atomic mass is 10.0. The van der Waals surface area contributed by atoms with Crippen molar-refractivity contribution in [3.05, 3.63) is 53.1 Å². The maximum Gasteiger partial charge on any atom is 0.161 e. The number of nitrogens with zero attached hydrogens (tertiary/aromatic N) is 2. The molecule has 0 amide bonds. The molecule has 0 fully saturated rings. The van der Waals surface area contributed by atoms with E-state index in [0.717, 1.165) is 48.6 Å². The molecule has 1 aliphatic rings. The van der Waals surface area contributed by atoms with Crippen LogP contribution in [0.5, 0.6) is 11.5 Å². The summed E-state index contributed by atoms with van der Waals surface area (Å²) in [4.78, 5) is 0. The number of hydrogen-bond acceptors (Lipinski definition) is 4. The molecule has 0 unspecified atom stereocenters. The SMILES string of the molecule is COc1ccc(-c2nn(-c3ccccc3Cl)c3c2CCCCN3)cc1OC. The minimum atomic E-state index is 0.674. The van der Waals surface area contributed by atoms with Crippen molar-refractivity contribution >= 4 is 17.4 Å². The van der Waals surface area contributed by atoms with E-state index in [-0.39, 0.29) is 0 Å². The number of para-hydroxylation sites is 1. The average molecular weight is 384 g/mol. The van der Waals surface area contributed by atoms with E-state index in [4.69, 9.17) is 26.2 Å². The van der Waals surface area contributed by atoms with Gasteiger partial charge in [0.05, 0.1) is 30.6 Å². The number of fused-ring (bicyclic) bond motifs is 1. The minimum Gasteiger partial charge on any atom is -0.493 e. The van der Waals surface area contributed by atoms with E-state index < -0.39 is 0 Å². The highest BCUT2D eigenvalue weighted by atomic mass is 35.5. The summed E-state index contributed by atoms with van der Waals surface area (Å²) < 4.78 is 12.8. The van der Waals surface area contributed by atoms with Crippen LogP contribution in [0, 0.1) is 0 Å². The number of ether oxygens (including phenoxy) is 2. The van der Waals surface area contributed by atoms with Crippen LogP contribution in [0.4, 0.5) is 5.82 Å². The number of halogens is 1. The quantitative estimate of drug-likeness (QED) is 0.691. The second kappa shape index (κ2) is 7.53. The van der Waals surface area contributed by atoms with Gasteiger partial charge in [0.2, 0.25) is 0 Å². The monoisotopic (exact) mass is 383 g/mol. The zero-order chi connectivity index (χ0) is 18.8. The van der Waals surface area contributed by atoms with E-state index in [1.807, 2.05) is 47.1 Å². The Bertz CT molecular complexity index is 968. The van der Waals surface area contributed by atoms with Gasteiger partial charge >= 0.3 is 0 Å². The van der Waals surface area contributed by atoms with E-state index in [9.17, 15) is 0 Å². The van der Waals surface area contributed by atoms with Crippen molar-refractivity contribution < 1.29 is 9.47 Å². The number of methoxy groups -OCH3 is 2. The van der Waals surface area contributed by atoms with Gasteiger partial charge in [0.1, 0.15) is 5.82 Å². The Labute approximate surface area is 163 Å². The average Bonchev–Trinajstić information content (AvgIpc) is 2.88. The molecular weight excluding hydrogens is 362 g/mol. The van der Waals surface area contributed by atoms with Crippen molar-refractivity contribution in [3.63, 3.8) is 0 Å². The lowest BCUT2D eigenvalue weighted by Crippen LogP contribution is -2.07. The normalized spacial score (nSPS) is 13.4. The highest BCUT2D eigenvalue weighted by molar-refractivity contribution is 6.32. The van der Waals surface area contributed by atoms with Crippen molar-refractivity contribution in [2.24, 2.45) is 0 Å². The molecule has 2 heterocycles. The third-order valence-electron chi connectivity index (χ3n) is 4.87. The van der Waals surface area contributed by atoms with E-state index in [2.05, 4.69) is 5.32 Å². The van der Waals surface area contributed by atoms with Gasteiger partial charge in [-0.1, -0.05) is 23.7 Å². The molecule has 0 atom stereocenters. The fourth-order valence-corrected chi connectivity index (χ4v) is 3.73. The van der Waals surface area contributed by atoms with Gasteiger partial charge in [0.15, 0.2) is 11.5 Å². The molecule has 0 saturated carbocycles. The smallest absolute Gasteiger partial charge is 0.161 e. The molecule has 27 heavy (non-hydrogen) atoms. The van der Waals surface area contributed by atoms with Gasteiger partial charge in [-0.2, -0.15) is 5.10 Å². The van der Waals surface area contributed by atoms with Gasteiger partial charge in [0.25, 0.3) is 0 Å². The van der Waals surface area contributed by atoms with Crippen LogP contribution in [-0.4, -0.2) is 30.5 Å². The molecule has 3 aromatic rings. The predicted octanol–water partition coefficient (Wildman–Crippen LogP) is 4.96. The second-order valence-corrected chi connectivity index (χ2v) is 6.90. The molecule has 1 aliphatic heterocycles. The van der Waals surface area contributed by atoms with Crippen LogP contribution in [0.2, 0.25) is 5.02 Å². The van der Waals surface area contributed by atoms with Crippen LogP contribution in [-0.2, 0) is 6.42 Å². The van der Waals surface area contributed by atoms with Crippen LogP contribution < -0.4 is 14.8 Å². The molecule has 1 aromatic heterocycles. The van der Waals surface area contributed by atoms with Crippen molar-refractivity contribution in [1.82, 2.24) is 9.78 Å². The minimum absolute atomic E-state index is 0.674. The molecule has 0 spiro atoms. The summed E-state index contributed by atoms with van der Waals surface area (Å²) in [5.41, 5.74) is 4.02. The molecule has 0 saturated heterocycles. The lowest BCUT2D eigenvalue weighted by molar-refractivity contribution is 0.355. The van der Waals surface area contributed by atoms with Gasteiger partial charge in [-0.25, -0.2) is 4.68 Å². The first kappa shape index (κ1) is 17.7. The van der Waals surface area contributed by atoms with Gasteiger partial charge < -0.3 is 14.8 Å². The maximum atomic E-state index is 6.46. The molecule has 2 aromatic carbocycles. The third-order valence-corrected chi connectivity index (χ3v) is 5.19. The standard InChI is InChI=1S/C21H22ClN3O2/c1-26-18-11-10-14(13-19(18)27-2)20-15-7-5-6-12-23-21(15)25(24-20)17-9-4-3-8-16(17)22/h3-4,8-11,13,23H,5-7,12H2,1-2H3. The fourth-order valence-electron chi connectivity index (χ4n) is 3.52. The summed E-state index contributed by atoms with van der Waals surface area (Å²) in [6.07, 6.45) is 3.22. The number of anilines is 1. The maximum absolute atomic E-state index is 6.46. The molecule has 0 aliphatic carbocycles. The van der Waals surface area contributed by atoms with E-state index >= 15 is 0 Å². The summed E-state index contributed by atoms with van der Waals surface area (Å²) in [5.74, 6) is 2.42. The Hall–Kier alpha value is -2.66. The van der Waals surface area contributed by atoms with Crippen molar-refractivity contribution in [2.45, 2.75) is 19.3 Å². The summed E-state index contributed by atoms with van der Waals surface area (Å²) in [6, 6.07) is 13.7. The van der Waals surface area contributed by atoms with Crippen LogP contribution in [0.25, 0.3) is 16.9 Å². The van der Waals surface area contributed by atoms with Crippen molar-refractivity contribution in [3.8, 4) is 28.4 Å². The number of benzene rings is 2. The summed E-state index contributed by atoms with van der Waals surface area (Å²) in [6.45, 7) is 0.925. The number of rotatable bonds is 4. The topological polar surface area (TPSA) is 48.3 Å². The molecule has 0 bridgehead atoms. The Morgan fingerprint density at radius 3 is 2.63 bits per heavy atom. The fraction of sp³-hybridized carbons (Fsp3) is 0.286. The number of nitrogens with one attached hydrogen (secondary N) is 1. The predicted molar refractivity (Wildman–Crippen MR) is 109 cm³/mol. The van der Waals surface area contributed by atoms with Crippen LogP contribution in [0.3, 0.4) is 0 Å². The first-order valence-corrected chi connectivity index (χ1v) is 9.44. The van der Waals surface area contributed by atoms with Crippen LogP contribution in [0.1, 0.15) is 18.4 Å². The van der Waals surface area contributed by atoms with Crippen LogP contribution >= 0.6 is 11.6 Å². The highest BCUT2D eigenvalue weighted by Gasteiger charge is 2.23. The first-order chi connectivity index (χ1) is 13.2. The van der Waals surface area contributed by atoms with Crippen LogP contribution in [0.15, 0.2) is 42.5 Å². The summed E-state index contributed by atoms with van der Waals surface area (Å²) in [7, 11) is 3.28. The third kappa shape index (κ3) is 3.23. The van der Waals surface area contributed by atoms with E-state index in [0.29, 0.717) is 16.5 Å². The van der Waals surface area contributed by atoms with Gasteiger partial charge in [-0.15, -0.1) is 0 Å².